The Morgan fingerprint density at radius 3 is 2.59 bits per heavy atom. The van der Waals surface area contributed by atoms with E-state index in [4.69, 9.17) is 4.74 Å². The lowest BCUT2D eigenvalue weighted by Gasteiger charge is -2.34. The van der Waals surface area contributed by atoms with Gasteiger partial charge in [0.25, 0.3) is 5.91 Å². The third-order valence-electron chi connectivity index (χ3n) is 5.50. The lowest BCUT2D eigenvalue weighted by atomic mass is 10.1. The van der Waals surface area contributed by atoms with Gasteiger partial charge in [-0.15, -0.1) is 0 Å². The first-order chi connectivity index (χ1) is 13.9. The number of hydrogen-bond donors (Lipinski definition) is 0. The zero-order chi connectivity index (χ0) is 20.6. The maximum Gasteiger partial charge on any atom is 0.257 e. The number of aryl methyl sites for hydroxylation is 1. The van der Waals surface area contributed by atoms with Crippen LogP contribution < -0.4 is 4.74 Å². The Morgan fingerprint density at radius 2 is 1.90 bits per heavy atom. The molecule has 8 nitrogen and oxygen atoms in total. The highest BCUT2D eigenvalue weighted by Crippen LogP contribution is 2.25. The number of halogens is 1. The molecule has 1 aromatic heterocycles. The lowest BCUT2D eigenvalue weighted by Crippen LogP contribution is -2.50. The molecule has 0 aliphatic carbocycles. The van der Waals surface area contributed by atoms with E-state index in [1.807, 2.05) is 4.68 Å². The number of methoxy groups -OCH3 is 1. The summed E-state index contributed by atoms with van der Waals surface area (Å²) in [6.07, 6.45) is 4.55. The molecule has 1 fully saturated rings. The molecule has 2 aromatic rings. The molecule has 0 radical (unpaired) electrons. The molecule has 0 N–H and O–H groups in total. The Bertz CT molecular complexity index is 1030. The third-order valence-corrected chi connectivity index (χ3v) is 7.39. The van der Waals surface area contributed by atoms with Crippen molar-refractivity contribution in [3.05, 3.63) is 41.5 Å². The van der Waals surface area contributed by atoms with Crippen LogP contribution in [-0.4, -0.2) is 66.6 Å². The molecular weight excluding hydrogens is 399 g/mol. The topological polar surface area (TPSA) is 84.7 Å². The minimum absolute atomic E-state index is 0.0103. The van der Waals surface area contributed by atoms with Gasteiger partial charge in [-0.2, -0.15) is 9.40 Å². The average molecular weight is 422 g/mol. The summed E-state index contributed by atoms with van der Waals surface area (Å²) in [6.45, 7) is 1.70. The molecule has 4 rings (SSSR count). The van der Waals surface area contributed by atoms with Crippen molar-refractivity contribution in [3.63, 3.8) is 0 Å². The maximum absolute atomic E-state index is 13.9. The van der Waals surface area contributed by atoms with E-state index in [2.05, 4.69) is 5.10 Å². The molecule has 3 heterocycles. The quantitative estimate of drug-likeness (QED) is 0.746. The van der Waals surface area contributed by atoms with Gasteiger partial charge >= 0.3 is 0 Å². The number of fused-ring (bicyclic) bond motifs is 1. The van der Waals surface area contributed by atoms with Crippen LogP contribution in [0, 0.1) is 5.82 Å². The van der Waals surface area contributed by atoms with Crippen LogP contribution >= 0.6 is 0 Å². The third kappa shape index (κ3) is 3.62. The van der Waals surface area contributed by atoms with Crippen molar-refractivity contribution in [1.29, 1.82) is 0 Å². The van der Waals surface area contributed by atoms with Gasteiger partial charge in [0.1, 0.15) is 0 Å². The van der Waals surface area contributed by atoms with Crippen molar-refractivity contribution >= 4 is 15.9 Å². The van der Waals surface area contributed by atoms with Crippen LogP contribution in [0.3, 0.4) is 0 Å². The maximum atomic E-state index is 13.9. The van der Waals surface area contributed by atoms with E-state index in [1.165, 1.54) is 23.5 Å². The van der Waals surface area contributed by atoms with Gasteiger partial charge in [0, 0.05) is 32.7 Å². The Balaban J connectivity index is 1.45. The predicted octanol–water partition coefficient (Wildman–Crippen LogP) is 1.51. The van der Waals surface area contributed by atoms with Gasteiger partial charge in [0.2, 0.25) is 10.0 Å². The number of aromatic nitrogens is 2. The van der Waals surface area contributed by atoms with E-state index in [1.54, 1.807) is 11.1 Å². The molecule has 1 saturated heterocycles. The number of amides is 1. The van der Waals surface area contributed by atoms with Crippen molar-refractivity contribution in [2.75, 3.05) is 33.3 Å². The number of sulfonamides is 1. The van der Waals surface area contributed by atoms with E-state index >= 15 is 0 Å². The Morgan fingerprint density at radius 1 is 1.14 bits per heavy atom. The highest BCUT2D eigenvalue weighted by Gasteiger charge is 2.32. The van der Waals surface area contributed by atoms with Gasteiger partial charge in [0.05, 0.1) is 29.5 Å². The molecule has 0 atom stereocenters. The molecule has 0 spiro atoms. The first-order valence-electron chi connectivity index (χ1n) is 9.59. The second-order valence-corrected chi connectivity index (χ2v) is 9.12. The number of benzene rings is 1. The zero-order valence-electron chi connectivity index (χ0n) is 16.2. The molecule has 156 valence electrons. The van der Waals surface area contributed by atoms with Crippen LogP contribution in [0.2, 0.25) is 0 Å². The SMILES string of the molecule is COc1ccc(S(=O)(=O)N2CCN(C(=O)c3cnn4c3CCCC4)CC2)cc1F. The Kier molecular flexibility index (Phi) is 5.30. The summed E-state index contributed by atoms with van der Waals surface area (Å²) in [5.74, 6) is -0.849. The number of rotatable bonds is 4. The zero-order valence-corrected chi connectivity index (χ0v) is 17.0. The van der Waals surface area contributed by atoms with Gasteiger partial charge in [-0.3, -0.25) is 9.48 Å². The van der Waals surface area contributed by atoms with Gasteiger partial charge in [-0.25, -0.2) is 12.8 Å². The van der Waals surface area contributed by atoms with Crippen molar-refractivity contribution in [2.45, 2.75) is 30.7 Å². The molecule has 0 unspecified atom stereocenters. The van der Waals surface area contributed by atoms with E-state index in [-0.39, 0.29) is 42.7 Å². The summed E-state index contributed by atoms with van der Waals surface area (Å²) in [6, 6.07) is 3.59. The predicted molar refractivity (Wildman–Crippen MR) is 103 cm³/mol. The van der Waals surface area contributed by atoms with Crippen LogP contribution in [0.4, 0.5) is 4.39 Å². The standard InChI is InChI=1S/C19H23FN4O4S/c1-28-18-6-5-14(12-16(18)20)29(26,27)23-10-8-22(9-11-23)19(25)15-13-21-24-7-3-2-4-17(15)24/h5-6,12-13H,2-4,7-11H2,1H3. The monoisotopic (exact) mass is 422 g/mol. The van der Waals surface area contributed by atoms with Crippen molar-refractivity contribution in [1.82, 2.24) is 19.0 Å². The second-order valence-electron chi connectivity index (χ2n) is 7.18. The summed E-state index contributed by atoms with van der Waals surface area (Å²) >= 11 is 0. The molecule has 0 bridgehead atoms. The van der Waals surface area contributed by atoms with Crippen molar-refractivity contribution in [3.8, 4) is 5.75 Å². The van der Waals surface area contributed by atoms with Crippen LogP contribution in [0.25, 0.3) is 0 Å². The summed E-state index contributed by atoms with van der Waals surface area (Å²) in [5.41, 5.74) is 1.57. The van der Waals surface area contributed by atoms with Gasteiger partial charge < -0.3 is 9.64 Å². The fourth-order valence-corrected chi connectivity index (χ4v) is 5.29. The number of piperazine rings is 1. The average Bonchev–Trinajstić information content (AvgIpc) is 3.17. The lowest BCUT2D eigenvalue weighted by molar-refractivity contribution is 0.0696. The summed E-state index contributed by atoms with van der Waals surface area (Å²) in [4.78, 5) is 14.5. The minimum Gasteiger partial charge on any atom is -0.494 e. The fraction of sp³-hybridized carbons (Fsp3) is 0.474. The first-order valence-corrected chi connectivity index (χ1v) is 11.0. The second kappa shape index (κ2) is 7.75. The molecule has 0 saturated carbocycles. The molecule has 29 heavy (non-hydrogen) atoms. The van der Waals surface area contributed by atoms with E-state index in [0.29, 0.717) is 5.56 Å². The van der Waals surface area contributed by atoms with Crippen LogP contribution in [0.15, 0.2) is 29.3 Å². The molecule has 2 aliphatic heterocycles. The number of hydrogen-bond acceptors (Lipinski definition) is 5. The normalized spacial score (nSPS) is 17.8. The van der Waals surface area contributed by atoms with E-state index in [9.17, 15) is 17.6 Å². The highest BCUT2D eigenvalue weighted by atomic mass is 32.2. The number of carbonyl (C=O) groups is 1. The van der Waals surface area contributed by atoms with E-state index in [0.717, 1.165) is 37.6 Å². The molecule has 10 heteroatoms. The minimum atomic E-state index is -3.84. The van der Waals surface area contributed by atoms with Crippen molar-refractivity contribution in [2.24, 2.45) is 0 Å². The summed E-state index contributed by atoms with van der Waals surface area (Å²) < 4.78 is 47.6. The van der Waals surface area contributed by atoms with Crippen LogP contribution in [0.5, 0.6) is 5.75 Å². The van der Waals surface area contributed by atoms with Gasteiger partial charge in [-0.05, 0) is 37.5 Å². The van der Waals surface area contributed by atoms with E-state index < -0.39 is 15.8 Å². The number of nitrogens with zero attached hydrogens (tertiary/aromatic N) is 4. The van der Waals surface area contributed by atoms with Crippen LogP contribution in [0.1, 0.15) is 28.9 Å². The largest absolute Gasteiger partial charge is 0.494 e. The number of carbonyl (C=O) groups excluding carboxylic acids is 1. The number of ether oxygens (including phenoxy) is 1. The Labute approximate surface area is 168 Å². The summed E-state index contributed by atoms with van der Waals surface area (Å²) in [5, 5.41) is 4.31. The first kappa shape index (κ1) is 19.8. The molecule has 2 aliphatic rings. The molecule has 1 aromatic carbocycles. The molecule has 1 amide bonds. The van der Waals surface area contributed by atoms with Crippen molar-refractivity contribution < 1.29 is 22.3 Å². The van der Waals surface area contributed by atoms with Crippen LogP contribution in [-0.2, 0) is 23.0 Å². The fourth-order valence-electron chi connectivity index (χ4n) is 3.86. The highest BCUT2D eigenvalue weighted by molar-refractivity contribution is 7.89. The smallest absolute Gasteiger partial charge is 0.257 e. The van der Waals surface area contributed by atoms with Gasteiger partial charge in [0.15, 0.2) is 11.6 Å². The molecular formula is C19H23FN4O4S. The summed E-state index contributed by atoms with van der Waals surface area (Å²) in [7, 11) is -2.52. The Hall–Kier alpha value is -2.46. The van der Waals surface area contributed by atoms with Gasteiger partial charge in [-0.1, -0.05) is 0 Å².